The van der Waals surface area contributed by atoms with Gasteiger partial charge < -0.3 is 4.42 Å². The number of hydrazine groups is 1. The summed E-state index contributed by atoms with van der Waals surface area (Å²) in [7, 11) is -4.24. The molecule has 11 nitrogen and oxygen atoms in total. The average Bonchev–Trinajstić information content (AvgIpc) is 3.29. The van der Waals surface area contributed by atoms with Crippen LogP contribution in [-0.4, -0.2) is 24.4 Å². The third kappa shape index (κ3) is 5.84. The molecule has 4 N–H and O–H groups in total. The maximum absolute atomic E-state index is 13.1. The van der Waals surface area contributed by atoms with E-state index in [1.807, 2.05) is 6.92 Å². The van der Waals surface area contributed by atoms with Gasteiger partial charge in [-0.1, -0.05) is 17.7 Å². The van der Waals surface area contributed by atoms with Crippen molar-refractivity contribution in [2.45, 2.75) is 18.7 Å². The molecular formula is C20H19N5O6S2. The number of furan rings is 1. The standard InChI is InChI=1S/C20H19N5O6S2/c1-12-5-7-15(13(2)10-12)24-33(29,30)18-11-14(25(27)28)6-8-16(18)22-23-20(32)21-19(26)17-4-3-9-31-17/h3-11,22,24H,1-2H3,(H2,21,23,26,32). The maximum Gasteiger partial charge on any atom is 0.293 e. The van der Waals surface area contributed by atoms with Crippen LogP contribution in [0, 0.1) is 24.0 Å². The van der Waals surface area contributed by atoms with Gasteiger partial charge in [-0.05, 0) is 55.9 Å². The topological polar surface area (TPSA) is 156 Å². The highest BCUT2D eigenvalue weighted by Gasteiger charge is 2.23. The van der Waals surface area contributed by atoms with Gasteiger partial charge in [0.1, 0.15) is 4.90 Å². The van der Waals surface area contributed by atoms with E-state index < -0.39 is 31.4 Å². The molecule has 0 radical (unpaired) electrons. The van der Waals surface area contributed by atoms with Crippen LogP contribution in [0.3, 0.4) is 0 Å². The van der Waals surface area contributed by atoms with Gasteiger partial charge in [-0.25, -0.2) is 8.42 Å². The largest absolute Gasteiger partial charge is 0.459 e. The van der Waals surface area contributed by atoms with Gasteiger partial charge in [0, 0.05) is 12.1 Å². The van der Waals surface area contributed by atoms with Crippen LogP contribution in [0.2, 0.25) is 0 Å². The second-order valence-corrected chi connectivity index (χ2v) is 8.93. The summed E-state index contributed by atoms with van der Waals surface area (Å²) in [5, 5.41) is 13.4. The number of hydrogen-bond acceptors (Lipinski definition) is 8. The van der Waals surface area contributed by atoms with Crippen molar-refractivity contribution in [1.29, 1.82) is 0 Å². The van der Waals surface area contributed by atoms with Crippen LogP contribution in [0.1, 0.15) is 21.7 Å². The average molecular weight is 490 g/mol. The zero-order valence-corrected chi connectivity index (χ0v) is 19.0. The van der Waals surface area contributed by atoms with Crippen molar-refractivity contribution in [3.63, 3.8) is 0 Å². The second kappa shape index (κ2) is 9.67. The van der Waals surface area contributed by atoms with E-state index in [0.29, 0.717) is 11.3 Å². The molecule has 0 unspecified atom stereocenters. The summed E-state index contributed by atoms with van der Waals surface area (Å²) in [6.45, 7) is 3.60. The van der Waals surface area contributed by atoms with Gasteiger partial charge in [-0.15, -0.1) is 0 Å². The Morgan fingerprint density at radius 1 is 1.09 bits per heavy atom. The molecule has 0 saturated carbocycles. The molecule has 0 aliphatic heterocycles. The summed E-state index contributed by atoms with van der Waals surface area (Å²) in [6, 6.07) is 11.4. The fourth-order valence-corrected chi connectivity index (χ4v) is 4.26. The molecule has 1 aromatic heterocycles. The van der Waals surface area contributed by atoms with Gasteiger partial charge in [0.25, 0.3) is 21.6 Å². The Balaban J connectivity index is 1.84. The van der Waals surface area contributed by atoms with E-state index in [1.165, 1.54) is 24.5 Å². The lowest BCUT2D eigenvalue weighted by molar-refractivity contribution is -0.385. The van der Waals surface area contributed by atoms with Crippen molar-refractivity contribution >= 4 is 50.3 Å². The summed E-state index contributed by atoms with van der Waals surface area (Å²) < 4.78 is 33.6. The van der Waals surface area contributed by atoms with E-state index >= 15 is 0 Å². The predicted octanol–water partition coefficient (Wildman–Crippen LogP) is 3.24. The molecule has 1 amide bonds. The maximum atomic E-state index is 13.1. The number of benzene rings is 2. The quantitative estimate of drug-likeness (QED) is 0.222. The van der Waals surface area contributed by atoms with Crippen molar-refractivity contribution in [3.05, 3.63) is 81.8 Å². The van der Waals surface area contributed by atoms with Crippen LogP contribution in [0.4, 0.5) is 17.1 Å². The number of hydrogen-bond donors (Lipinski definition) is 4. The highest BCUT2D eigenvalue weighted by molar-refractivity contribution is 7.93. The zero-order chi connectivity index (χ0) is 24.2. The lowest BCUT2D eigenvalue weighted by atomic mass is 10.1. The number of thiocarbonyl (C=S) groups is 1. The smallest absolute Gasteiger partial charge is 0.293 e. The first-order valence-corrected chi connectivity index (χ1v) is 11.3. The third-order valence-corrected chi connectivity index (χ3v) is 5.98. The van der Waals surface area contributed by atoms with Crippen LogP contribution in [-0.2, 0) is 10.0 Å². The number of non-ortho nitro benzene ring substituents is 1. The van der Waals surface area contributed by atoms with Crippen LogP contribution in [0.25, 0.3) is 0 Å². The van der Waals surface area contributed by atoms with Crippen molar-refractivity contribution in [1.82, 2.24) is 10.7 Å². The van der Waals surface area contributed by atoms with Crippen LogP contribution in [0.15, 0.2) is 64.1 Å². The van der Waals surface area contributed by atoms with Crippen LogP contribution < -0.4 is 20.9 Å². The summed E-state index contributed by atoms with van der Waals surface area (Å²) in [6.07, 6.45) is 1.32. The number of anilines is 2. The summed E-state index contributed by atoms with van der Waals surface area (Å²) >= 11 is 5.02. The number of nitro benzene ring substituents is 1. The molecular weight excluding hydrogens is 470 g/mol. The van der Waals surface area contributed by atoms with E-state index in [4.69, 9.17) is 16.6 Å². The monoisotopic (exact) mass is 489 g/mol. The highest BCUT2D eigenvalue weighted by atomic mass is 32.2. The van der Waals surface area contributed by atoms with Crippen molar-refractivity contribution in [3.8, 4) is 0 Å². The first-order chi connectivity index (χ1) is 15.6. The molecule has 0 bridgehead atoms. The van der Waals surface area contributed by atoms with Crippen molar-refractivity contribution < 1.29 is 22.6 Å². The van der Waals surface area contributed by atoms with Crippen LogP contribution in [0.5, 0.6) is 0 Å². The minimum Gasteiger partial charge on any atom is -0.459 e. The SMILES string of the molecule is Cc1ccc(NS(=O)(=O)c2cc([N+](=O)[O-])ccc2NNC(=S)NC(=O)c2ccco2)c(C)c1. The lowest BCUT2D eigenvalue weighted by Gasteiger charge is -2.16. The molecule has 1 heterocycles. The molecule has 13 heteroatoms. The first-order valence-electron chi connectivity index (χ1n) is 9.36. The molecule has 0 spiro atoms. The number of rotatable bonds is 7. The Morgan fingerprint density at radius 2 is 1.82 bits per heavy atom. The van der Waals surface area contributed by atoms with Crippen LogP contribution >= 0.6 is 12.2 Å². The number of carbonyl (C=O) groups is 1. The van der Waals surface area contributed by atoms with E-state index in [0.717, 1.165) is 17.7 Å². The van der Waals surface area contributed by atoms with E-state index in [2.05, 4.69) is 20.9 Å². The minimum absolute atomic E-state index is 0.0235. The minimum atomic E-state index is -4.24. The van der Waals surface area contributed by atoms with E-state index in [9.17, 15) is 23.3 Å². The number of aryl methyl sites for hydroxylation is 2. The van der Waals surface area contributed by atoms with E-state index in [1.54, 1.807) is 25.1 Å². The molecule has 3 aromatic rings. The Morgan fingerprint density at radius 3 is 2.45 bits per heavy atom. The summed E-state index contributed by atoms with van der Waals surface area (Å²) in [5.74, 6) is -0.595. The number of nitro groups is 1. The fraction of sp³-hybridized carbons (Fsp3) is 0.100. The molecule has 3 rings (SSSR count). The Hall–Kier alpha value is -3.97. The molecule has 2 aromatic carbocycles. The normalized spacial score (nSPS) is 10.8. The van der Waals surface area contributed by atoms with Gasteiger partial charge in [-0.3, -0.25) is 35.8 Å². The van der Waals surface area contributed by atoms with Gasteiger partial charge >= 0.3 is 0 Å². The summed E-state index contributed by atoms with van der Waals surface area (Å²) in [5.41, 5.74) is 6.54. The highest BCUT2D eigenvalue weighted by Crippen LogP contribution is 2.29. The zero-order valence-electron chi connectivity index (χ0n) is 17.4. The molecule has 0 saturated heterocycles. The van der Waals surface area contributed by atoms with Crippen molar-refractivity contribution in [2.24, 2.45) is 0 Å². The number of sulfonamides is 1. The molecule has 0 aliphatic carbocycles. The predicted molar refractivity (Wildman–Crippen MR) is 125 cm³/mol. The summed E-state index contributed by atoms with van der Waals surface area (Å²) in [4.78, 5) is 22.1. The first kappa shape index (κ1) is 23.7. The molecule has 172 valence electrons. The Kier molecular flexibility index (Phi) is 6.94. The fourth-order valence-electron chi connectivity index (χ4n) is 2.81. The molecule has 0 atom stereocenters. The van der Waals surface area contributed by atoms with Gasteiger partial charge in [0.05, 0.1) is 22.6 Å². The van der Waals surface area contributed by atoms with Gasteiger partial charge in [-0.2, -0.15) is 0 Å². The Labute approximate surface area is 194 Å². The third-order valence-electron chi connectivity index (χ3n) is 4.37. The van der Waals surface area contributed by atoms with Gasteiger partial charge in [0.15, 0.2) is 10.9 Å². The number of nitrogens with one attached hydrogen (secondary N) is 4. The second-order valence-electron chi connectivity index (χ2n) is 6.87. The number of amides is 1. The van der Waals surface area contributed by atoms with E-state index in [-0.39, 0.29) is 16.6 Å². The Bertz CT molecular complexity index is 1320. The van der Waals surface area contributed by atoms with Gasteiger partial charge in [0.2, 0.25) is 0 Å². The van der Waals surface area contributed by atoms with Crippen molar-refractivity contribution in [2.75, 3.05) is 10.1 Å². The molecule has 0 aliphatic rings. The lowest BCUT2D eigenvalue weighted by Crippen LogP contribution is -2.42. The molecule has 0 fully saturated rings. The molecule has 33 heavy (non-hydrogen) atoms. The number of carbonyl (C=O) groups excluding carboxylic acids is 1. The number of nitrogens with zero attached hydrogens (tertiary/aromatic N) is 1.